The number of Topliss-reactive ketones (excluding diaryl/α,β-unsaturated/α-hetero) is 1. The van der Waals surface area contributed by atoms with Gasteiger partial charge in [0.25, 0.3) is 5.91 Å². The molecule has 1 heterocycles. The van der Waals surface area contributed by atoms with Gasteiger partial charge >= 0.3 is 0 Å². The van der Waals surface area contributed by atoms with Crippen LogP contribution in [0, 0.1) is 0 Å². The second kappa shape index (κ2) is 6.16. The number of carbonyl (C=O) groups excluding carboxylic acids is 2. The summed E-state index contributed by atoms with van der Waals surface area (Å²) in [6.45, 7) is 0.753. The predicted octanol–water partition coefficient (Wildman–Crippen LogP) is 3.33. The van der Waals surface area contributed by atoms with E-state index < -0.39 is 11.7 Å². The number of hydrogen-bond donors (Lipinski definition) is 0. The fraction of sp³-hybridized carbons (Fsp3) is 0.111. The van der Waals surface area contributed by atoms with E-state index in [9.17, 15) is 9.59 Å². The molecule has 0 spiro atoms. The number of halogens is 1. The lowest BCUT2D eigenvalue weighted by Crippen LogP contribution is -2.26. The number of rotatable bonds is 3. The van der Waals surface area contributed by atoms with Crippen molar-refractivity contribution in [3.63, 3.8) is 0 Å². The van der Waals surface area contributed by atoms with E-state index in [1.54, 1.807) is 17.0 Å². The lowest BCUT2D eigenvalue weighted by atomic mass is 10.1. The predicted molar refractivity (Wildman–Crippen MR) is 86.3 cm³/mol. The SMILES string of the molecule is O=C1C(=O)N(Cc2ccccc2)C/C1=C/c1ccccc1Cl. The van der Waals surface area contributed by atoms with E-state index in [4.69, 9.17) is 11.6 Å². The molecule has 110 valence electrons. The molecule has 2 aromatic rings. The highest BCUT2D eigenvalue weighted by Gasteiger charge is 2.33. The first-order valence-corrected chi connectivity index (χ1v) is 7.35. The van der Waals surface area contributed by atoms with Crippen LogP contribution in [0.25, 0.3) is 6.08 Å². The van der Waals surface area contributed by atoms with E-state index in [2.05, 4.69) is 0 Å². The van der Waals surface area contributed by atoms with Gasteiger partial charge in [-0.3, -0.25) is 9.59 Å². The average Bonchev–Trinajstić information content (AvgIpc) is 2.79. The molecule has 1 amide bonds. The highest BCUT2D eigenvalue weighted by Crippen LogP contribution is 2.23. The largest absolute Gasteiger partial charge is 0.327 e. The second-order valence-electron chi connectivity index (χ2n) is 5.17. The van der Waals surface area contributed by atoms with E-state index >= 15 is 0 Å². The van der Waals surface area contributed by atoms with Crippen LogP contribution in [0.5, 0.6) is 0 Å². The zero-order valence-corrected chi connectivity index (χ0v) is 12.6. The van der Waals surface area contributed by atoms with E-state index in [1.807, 2.05) is 48.5 Å². The molecule has 4 heteroatoms. The average molecular weight is 312 g/mol. The molecule has 0 N–H and O–H groups in total. The Morgan fingerprint density at radius 2 is 1.68 bits per heavy atom. The summed E-state index contributed by atoms with van der Waals surface area (Å²) >= 11 is 6.10. The van der Waals surface area contributed by atoms with Gasteiger partial charge in [-0.2, -0.15) is 0 Å². The molecule has 0 radical (unpaired) electrons. The van der Waals surface area contributed by atoms with Gasteiger partial charge in [0.05, 0.1) is 6.54 Å². The molecule has 0 atom stereocenters. The molecular formula is C18H14ClNO2. The third-order valence-corrected chi connectivity index (χ3v) is 3.93. The van der Waals surface area contributed by atoms with Gasteiger partial charge in [0, 0.05) is 17.1 Å². The van der Waals surface area contributed by atoms with Crippen molar-refractivity contribution >= 4 is 29.4 Å². The smallest absolute Gasteiger partial charge is 0.295 e. The van der Waals surface area contributed by atoms with E-state index in [-0.39, 0.29) is 0 Å². The minimum atomic E-state index is -0.456. The summed E-state index contributed by atoms with van der Waals surface area (Å²) in [4.78, 5) is 25.8. The van der Waals surface area contributed by atoms with Crippen LogP contribution in [0.3, 0.4) is 0 Å². The van der Waals surface area contributed by atoms with Gasteiger partial charge in [-0.15, -0.1) is 0 Å². The normalized spacial score (nSPS) is 16.6. The number of ketones is 1. The molecule has 1 aliphatic rings. The number of nitrogens with zero attached hydrogens (tertiary/aromatic N) is 1. The molecule has 0 unspecified atom stereocenters. The molecule has 0 aliphatic carbocycles. The van der Waals surface area contributed by atoms with E-state index in [0.717, 1.165) is 11.1 Å². The van der Waals surface area contributed by atoms with Crippen LogP contribution in [0.15, 0.2) is 60.2 Å². The van der Waals surface area contributed by atoms with Gasteiger partial charge in [-0.1, -0.05) is 60.1 Å². The summed E-state index contributed by atoms with van der Waals surface area (Å²) in [7, 11) is 0. The van der Waals surface area contributed by atoms with Gasteiger partial charge in [0.15, 0.2) is 0 Å². The Balaban J connectivity index is 1.83. The van der Waals surface area contributed by atoms with Crippen LogP contribution in [-0.4, -0.2) is 23.1 Å². The van der Waals surface area contributed by atoms with Crippen molar-refractivity contribution in [3.05, 3.63) is 76.3 Å². The first kappa shape index (κ1) is 14.5. The molecular weight excluding hydrogens is 298 g/mol. The lowest BCUT2D eigenvalue weighted by Gasteiger charge is -2.13. The zero-order chi connectivity index (χ0) is 15.5. The van der Waals surface area contributed by atoms with Gasteiger partial charge < -0.3 is 4.90 Å². The summed E-state index contributed by atoms with van der Waals surface area (Å²) in [5.41, 5.74) is 2.23. The molecule has 3 nitrogen and oxygen atoms in total. The summed E-state index contributed by atoms with van der Waals surface area (Å²) in [5.74, 6) is -0.905. The standard InChI is InChI=1S/C18H14ClNO2/c19-16-9-5-4-8-14(16)10-15-12-20(18(22)17(15)21)11-13-6-2-1-3-7-13/h1-10H,11-12H2/b15-10-. The highest BCUT2D eigenvalue weighted by atomic mass is 35.5. The Labute approximate surface area is 133 Å². The Morgan fingerprint density at radius 1 is 1.00 bits per heavy atom. The molecule has 0 aromatic heterocycles. The molecule has 0 bridgehead atoms. The summed E-state index contributed by atoms with van der Waals surface area (Å²) < 4.78 is 0. The van der Waals surface area contributed by atoms with Crippen molar-refractivity contribution in [2.24, 2.45) is 0 Å². The summed E-state index contributed by atoms with van der Waals surface area (Å²) in [5, 5.41) is 0.566. The van der Waals surface area contributed by atoms with Crippen LogP contribution in [0.2, 0.25) is 5.02 Å². The van der Waals surface area contributed by atoms with Crippen molar-refractivity contribution < 1.29 is 9.59 Å². The Hall–Kier alpha value is -2.39. The Kier molecular flexibility index (Phi) is 4.07. The first-order valence-electron chi connectivity index (χ1n) is 6.98. The number of hydrogen-bond acceptors (Lipinski definition) is 2. The maximum atomic E-state index is 12.1. The van der Waals surface area contributed by atoms with Gasteiger partial charge in [-0.25, -0.2) is 0 Å². The van der Waals surface area contributed by atoms with E-state index in [1.165, 1.54) is 0 Å². The second-order valence-corrected chi connectivity index (χ2v) is 5.57. The monoisotopic (exact) mass is 311 g/mol. The quantitative estimate of drug-likeness (QED) is 0.644. The molecule has 2 aromatic carbocycles. The number of amides is 1. The number of carbonyl (C=O) groups is 2. The molecule has 0 saturated carbocycles. The van der Waals surface area contributed by atoms with Crippen molar-refractivity contribution in [2.45, 2.75) is 6.54 Å². The maximum Gasteiger partial charge on any atom is 0.295 e. The third kappa shape index (κ3) is 2.95. The molecule has 1 fully saturated rings. The summed E-state index contributed by atoms with van der Waals surface area (Å²) in [6, 6.07) is 16.9. The third-order valence-electron chi connectivity index (χ3n) is 3.59. The minimum absolute atomic E-state index is 0.317. The van der Waals surface area contributed by atoms with Crippen molar-refractivity contribution in [2.75, 3.05) is 6.54 Å². The number of benzene rings is 2. The first-order chi connectivity index (χ1) is 10.6. The summed E-state index contributed by atoms with van der Waals surface area (Å²) in [6.07, 6.45) is 1.70. The van der Waals surface area contributed by atoms with Gasteiger partial charge in [-0.05, 0) is 23.3 Å². The number of likely N-dealkylation sites (tertiary alicyclic amines) is 1. The van der Waals surface area contributed by atoms with Crippen molar-refractivity contribution in [3.8, 4) is 0 Å². The van der Waals surface area contributed by atoms with Crippen molar-refractivity contribution in [1.82, 2.24) is 4.90 Å². The fourth-order valence-electron chi connectivity index (χ4n) is 2.45. The Bertz CT molecular complexity index is 753. The minimum Gasteiger partial charge on any atom is -0.327 e. The van der Waals surface area contributed by atoms with Crippen LogP contribution >= 0.6 is 11.6 Å². The van der Waals surface area contributed by atoms with Gasteiger partial charge in [0.2, 0.25) is 5.78 Å². The molecule has 1 aliphatic heterocycles. The van der Waals surface area contributed by atoms with Crippen LogP contribution < -0.4 is 0 Å². The van der Waals surface area contributed by atoms with Crippen molar-refractivity contribution in [1.29, 1.82) is 0 Å². The molecule has 3 rings (SSSR count). The fourth-order valence-corrected chi connectivity index (χ4v) is 2.64. The molecule has 1 saturated heterocycles. The van der Waals surface area contributed by atoms with Gasteiger partial charge in [0.1, 0.15) is 0 Å². The Morgan fingerprint density at radius 3 is 2.41 bits per heavy atom. The lowest BCUT2D eigenvalue weighted by molar-refractivity contribution is -0.139. The maximum absolute atomic E-state index is 12.1. The topological polar surface area (TPSA) is 37.4 Å². The zero-order valence-electron chi connectivity index (χ0n) is 11.8. The highest BCUT2D eigenvalue weighted by molar-refractivity contribution is 6.46. The van der Waals surface area contributed by atoms with Crippen LogP contribution in [-0.2, 0) is 16.1 Å². The van der Waals surface area contributed by atoms with Crippen LogP contribution in [0.1, 0.15) is 11.1 Å². The van der Waals surface area contributed by atoms with Crippen LogP contribution in [0.4, 0.5) is 0 Å². The molecule has 22 heavy (non-hydrogen) atoms. The van der Waals surface area contributed by atoms with E-state index in [0.29, 0.717) is 23.7 Å².